The van der Waals surface area contributed by atoms with Gasteiger partial charge in [-0.1, -0.05) is 6.42 Å². The lowest BCUT2D eigenvalue weighted by molar-refractivity contribution is -0.151. The number of carbonyl (C=O) groups excluding carboxylic acids is 2. The molecular formula is C17H29N3O5. The summed E-state index contributed by atoms with van der Waals surface area (Å²) in [7, 11) is 0. The fraction of sp³-hybridized carbons (Fsp3) is 0.824. The lowest BCUT2D eigenvalue weighted by Crippen LogP contribution is -2.59. The van der Waals surface area contributed by atoms with Crippen LogP contribution in [0.5, 0.6) is 0 Å². The highest BCUT2D eigenvalue weighted by atomic mass is 16.5. The zero-order valence-electron chi connectivity index (χ0n) is 15.0. The van der Waals surface area contributed by atoms with Crippen LogP contribution in [0.2, 0.25) is 0 Å². The Labute approximate surface area is 148 Å². The van der Waals surface area contributed by atoms with Gasteiger partial charge in [0.25, 0.3) is 0 Å². The van der Waals surface area contributed by atoms with E-state index in [1.54, 1.807) is 11.8 Å². The first kappa shape index (κ1) is 19.5. The average molecular weight is 355 g/mol. The number of likely N-dealkylation sites (tertiary alicyclic amines) is 1. The van der Waals surface area contributed by atoms with E-state index in [0.29, 0.717) is 13.1 Å². The fourth-order valence-corrected chi connectivity index (χ4v) is 3.53. The zero-order chi connectivity index (χ0) is 18.2. The third-order valence-electron chi connectivity index (χ3n) is 4.85. The van der Waals surface area contributed by atoms with Crippen molar-refractivity contribution in [3.05, 3.63) is 0 Å². The van der Waals surface area contributed by atoms with Gasteiger partial charge in [0, 0.05) is 19.6 Å². The van der Waals surface area contributed by atoms with Crippen LogP contribution in [-0.2, 0) is 14.3 Å². The monoisotopic (exact) mass is 355 g/mol. The molecule has 0 saturated carbocycles. The third-order valence-corrected chi connectivity index (χ3v) is 4.85. The topological polar surface area (TPSA) is 90.4 Å². The number of nitrogens with zero attached hydrogens (tertiary/aromatic N) is 3. The lowest BCUT2D eigenvalue weighted by atomic mass is 10.1. The molecule has 2 rings (SSSR count). The van der Waals surface area contributed by atoms with Crippen LogP contribution >= 0.6 is 0 Å². The SMILES string of the molecule is CCOC(=O)CC1C(=O)N(CCCN2CCCCC2)CCN1C(=O)O. The Morgan fingerprint density at radius 1 is 1.12 bits per heavy atom. The summed E-state index contributed by atoms with van der Waals surface area (Å²) in [6, 6.07) is -0.972. The van der Waals surface area contributed by atoms with Crippen molar-refractivity contribution in [1.82, 2.24) is 14.7 Å². The van der Waals surface area contributed by atoms with Crippen molar-refractivity contribution in [2.45, 2.75) is 45.1 Å². The smallest absolute Gasteiger partial charge is 0.408 e. The van der Waals surface area contributed by atoms with Crippen molar-refractivity contribution < 1.29 is 24.2 Å². The minimum atomic E-state index is -1.17. The van der Waals surface area contributed by atoms with Crippen molar-refractivity contribution in [2.75, 3.05) is 45.9 Å². The highest BCUT2D eigenvalue weighted by Gasteiger charge is 2.38. The van der Waals surface area contributed by atoms with Gasteiger partial charge in [0.05, 0.1) is 13.0 Å². The maximum Gasteiger partial charge on any atom is 0.408 e. The van der Waals surface area contributed by atoms with E-state index in [4.69, 9.17) is 4.74 Å². The molecule has 0 aromatic carbocycles. The van der Waals surface area contributed by atoms with Gasteiger partial charge < -0.3 is 19.6 Å². The van der Waals surface area contributed by atoms with E-state index < -0.39 is 18.1 Å². The van der Waals surface area contributed by atoms with Crippen LogP contribution in [0.4, 0.5) is 4.79 Å². The molecule has 0 radical (unpaired) electrons. The number of hydrogen-bond donors (Lipinski definition) is 1. The maximum absolute atomic E-state index is 12.7. The molecule has 1 atom stereocenters. The standard InChI is InChI=1S/C17H29N3O5/c1-2-25-15(21)13-14-16(22)19(11-12-20(14)17(23)24)10-6-9-18-7-4-3-5-8-18/h14H,2-13H2,1H3,(H,23,24). The van der Waals surface area contributed by atoms with Crippen LogP contribution < -0.4 is 0 Å². The highest BCUT2D eigenvalue weighted by molar-refractivity contribution is 5.90. The maximum atomic E-state index is 12.7. The summed E-state index contributed by atoms with van der Waals surface area (Å²) < 4.78 is 4.88. The molecule has 1 N–H and O–H groups in total. The molecule has 8 nitrogen and oxygen atoms in total. The predicted molar refractivity (Wildman–Crippen MR) is 91.3 cm³/mol. The van der Waals surface area contributed by atoms with Gasteiger partial charge in [0.2, 0.25) is 5.91 Å². The second-order valence-corrected chi connectivity index (χ2v) is 6.58. The minimum absolute atomic E-state index is 0.215. The largest absolute Gasteiger partial charge is 0.466 e. The second kappa shape index (κ2) is 9.60. The summed E-state index contributed by atoms with van der Waals surface area (Å²) in [6.07, 6.45) is 3.24. The molecule has 0 aromatic rings. The average Bonchev–Trinajstić information content (AvgIpc) is 2.59. The highest BCUT2D eigenvalue weighted by Crippen LogP contribution is 2.17. The van der Waals surface area contributed by atoms with Gasteiger partial charge in [-0.2, -0.15) is 0 Å². The summed E-state index contributed by atoms with van der Waals surface area (Å²) in [4.78, 5) is 40.9. The van der Waals surface area contributed by atoms with E-state index in [2.05, 4.69) is 4.90 Å². The quantitative estimate of drug-likeness (QED) is 0.686. The molecule has 2 amide bonds. The van der Waals surface area contributed by atoms with E-state index in [0.717, 1.165) is 31.0 Å². The van der Waals surface area contributed by atoms with E-state index in [-0.39, 0.29) is 25.5 Å². The second-order valence-electron chi connectivity index (χ2n) is 6.58. The Hall–Kier alpha value is -1.83. The van der Waals surface area contributed by atoms with E-state index >= 15 is 0 Å². The van der Waals surface area contributed by atoms with Gasteiger partial charge in [-0.3, -0.25) is 14.5 Å². The van der Waals surface area contributed by atoms with Gasteiger partial charge in [-0.25, -0.2) is 4.79 Å². The Balaban J connectivity index is 1.88. The summed E-state index contributed by atoms with van der Waals surface area (Å²) in [5, 5.41) is 9.30. The third kappa shape index (κ3) is 5.59. The van der Waals surface area contributed by atoms with Crippen molar-refractivity contribution in [3.63, 3.8) is 0 Å². The number of carboxylic acid groups (broad SMARTS) is 1. The van der Waals surface area contributed by atoms with Gasteiger partial charge in [0.15, 0.2) is 0 Å². The molecule has 2 heterocycles. The van der Waals surface area contributed by atoms with Crippen LogP contribution in [0.15, 0.2) is 0 Å². The lowest BCUT2D eigenvalue weighted by Gasteiger charge is -2.39. The van der Waals surface area contributed by atoms with Crippen LogP contribution in [-0.4, -0.2) is 89.7 Å². The molecule has 25 heavy (non-hydrogen) atoms. The Morgan fingerprint density at radius 3 is 2.48 bits per heavy atom. The van der Waals surface area contributed by atoms with E-state index in [9.17, 15) is 19.5 Å². The van der Waals surface area contributed by atoms with Gasteiger partial charge in [0.1, 0.15) is 6.04 Å². The van der Waals surface area contributed by atoms with Crippen LogP contribution in [0.3, 0.4) is 0 Å². The summed E-state index contributed by atoms with van der Waals surface area (Å²) in [6.45, 7) is 6.30. The molecule has 8 heteroatoms. The Morgan fingerprint density at radius 2 is 1.84 bits per heavy atom. The number of hydrogen-bond acceptors (Lipinski definition) is 5. The first-order chi connectivity index (χ1) is 12.0. The van der Waals surface area contributed by atoms with Gasteiger partial charge >= 0.3 is 12.1 Å². The van der Waals surface area contributed by atoms with Gasteiger partial charge in [-0.05, 0) is 45.8 Å². The number of piperidine rings is 1. The number of esters is 1. The normalized spacial score (nSPS) is 22.1. The number of piperazine rings is 1. The van der Waals surface area contributed by atoms with Crippen molar-refractivity contribution in [2.24, 2.45) is 0 Å². The molecule has 0 bridgehead atoms. The molecule has 142 valence electrons. The Bertz CT molecular complexity index is 479. The molecule has 0 aromatic heterocycles. The molecular weight excluding hydrogens is 326 g/mol. The van der Waals surface area contributed by atoms with Crippen LogP contribution in [0, 0.1) is 0 Å². The zero-order valence-corrected chi connectivity index (χ0v) is 15.0. The number of amides is 2. The molecule has 0 spiro atoms. The van der Waals surface area contributed by atoms with Crippen molar-refractivity contribution >= 4 is 18.0 Å². The van der Waals surface area contributed by atoms with Crippen molar-refractivity contribution in [1.29, 1.82) is 0 Å². The molecule has 2 saturated heterocycles. The minimum Gasteiger partial charge on any atom is -0.466 e. The molecule has 1 unspecified atom stereocenters. The van der Waals surface area contributed by atoms with Crippen LogP contribution in [0.1, 0.15) is 39.0 Å². The van der Waals surface area contributed by atoms with Gasteiger partial charge in [-0.15, -0.1) is 0 Å². The molecule has 2 fully saturated rings. The van der Waals surface area contributed by atoms with Crippen LogP contribution in [0.25, 0.3) is 0 Å². The summed E-state index contributed by atoms with van der Waals surface area (Å²) >= 11 is 0. The Kier molecular flexibility index (Phi) is 7.49. The summed E-state index contributed by atoms with van der Waals surface area (Å²) in [5.74, 6) is -0.831. The van der Waals surface area contributed by atoms with E-state index in [1.807, 2.05) is 0 Å². The molecule has 2 aliphatic rings. The molecule has 0 aliphatic carbocycles. The summed E-state index contributed by atoms with van der Waals surface area (Å²) in [5.41, 5.74) is 0. The molecule has 2 aliphatic heterocycles. The predicted octanol–water partition coefficient (Wildman–Crippen LogP) is 1.01. The van der Waals surface area contributed by atoms with E-state index in [1.165, 1.54) is 19.3 Å². The first-order valence-corrected chi connectivity index (χ1v) is 9.19. The first-order valence-electron chi connectivity index (χ1n) is 9.19. The number of rotatable bonds is 7. The number of carbonyl (C=O) groups is 3. The number of ether oxygens (including phenoxy) is 1. The fourth-order valence-electron chi connectivity index (χ4n) is 3.53. The van der Waals surface area contributed by atoms with Crippen molar-refractivity contribution in [3.8, 4) is 0 Å².